The van der Waals surface area contributed by atoms with Crippen LogP contribution in [0.2, 0.25) is 0 Å². The number of hydrogen-bond donors (Lipinski definition) is 2. The van der Waals surface area contributed by atoms with Crippen LogP contribution in [0.3, 0.4) is 0 Å². The molecule has 0 spiro atoms. The lowest BCUT2D eigenvalue weighted by molar-refractivity contribution is 0.193. The maximum absolute atomic E-state index is 5.85. The van der Waals surface area contributed by atoms with Crippen molar-refractivity contribution in [3.05, 3.63) is 28.2 Å². The Morgan fingerprint density at radius 1 is 1.30 bits per heavy atom. The lowest BCUT2D eigenvalue weighted by Gasteiger charge is -2.33. The topological polar surface area (TPSA) is 41.3 Å². The van der Waals surface area contributed by atoms with Crippen molar-refractivity contribution in [3.8, 4) is 0 Å². The van der Waals surface area contributed by atoms with Gasteiger partial charge in [0.25, 0.3) is 0 Å². The smallest absolute Gasteiger partial charge is 0.106 e. The van der Waals surface area contributed by atoms with E-state index in [1.807, 2.05) is 12.1 Å². The Morgan fingerprint density at radius 3 is 2.95 bits per heavy atom. The average molecular weight is 354 g/mol. The lowest BCUT2D eigenvalue weighted by Crippen LogP contribution is -2.41. The minimum atomic E-state index is 0.451. The van der Waals surface area contributed by atoms with E-state index in [0.29, 0.717) is 17.1 Å². The van der Waals surface area contributed by atoms with Crippen molar-refractivity contribution < 1.29 is 0 Å². The predicted octanol–water partition coefficient (Wildman–Crippen LogP) is 3.12. The Hall–Kier alpha value is -0.650. The Balaban J connectivity index is 1.79. The summed E-state index contributed by atoms with van der Waals surface area (Å²) in [5.41, 5.74) is 7.85. The molecule has 2 heterocycles. The number of hydrogen-bond acceptors (Lipinski definition) is 3. The van der Waals surface area contributed by atoms with Gasteiger partial charge in [0, 0.05) is 34.4 Å². The van der Waals surface area contributed by atoms with Crippen molar-refractivity contribution in [2.45, 2.75) is 37.8 Å². The van der Waals surface area contributed by atoms with E-state index < -0.39 is 0 Å². The molecule has 0 aromatic heterocycles. The second kappa shape index (κ2) is 6.00. The molecule has 2 aliphatic heterocycles. The number of thiocarbonyl (C=S) groups is 1. The predicted molar refractivity (Wildman–Crippen MR) is 91.3 cm³/mol. The molecular formula is C15H20BrN3S. The molecule has 2 fully saturated rings. The minimum Gasteiger partial charge on any atom is -0.389 e. The van der Waals surface area contributed by atoms with Gasteiger partial charge < -0.3 is 11.1 Å². The molecule has 2 aliphatic rings. The number of anilines is 1. The van der Waals surface area contributed by atoms with Gasteiger partial charge in [0.2, 0.25) is 0 Å². The Bertz CT molecular complexity index is 520. The van der Waals surface area contributed by atoms with Crippen LogP contribution in [0.4, 0.5) is 5.69 Å². The van der Waals surface area contributed by atoms with Crippen LogP contribution in [0.1, 0.15) is 31.2 Å². The van der Waals surface area contributed by atoms with Crippen molar-refractivity contribution in [1.29, 1.82) is 0 Å². The number of nitrogens with zero attached hydrogens (tertiary/aromatic N) is 1. The van der Waals surface area contributed by atoms with E-state index in [1.54, 1.807) is 0 Å². The van der Waals surface area contributed by atoms with Gasteiger partial charge in [-0.3, -0.25) is 4.90 Å². The highest BCUT2D eigenvalue weighted by atomic mass is 79.9. The van der Waals surface area contributed by atoms with Gasteiger partial charge >= 0.3 is 0 Å². The summed E-state index contributed by atoms with van der Waals surface area (Å²) in [6.07, 6.45) is 5.20. The third-order valence-corrected chi connectivity index (χ3v) is 5.16. The molecule has 2 atom stereocenters. The maximum Gasteiger partial charge on any atom is 0.106 e. The second-order valence-electron chi connectivity index (χ2n) is 5.69. The highest BCUT2D eigenvalue weighted by Gasteiger charge is 2.35. The van der Waals surface area contributed by atoms with Crippen molar-refractivity contribution in [2.24, 2.45) is 5.73 Å². The van der Waals surface area contributed by atoms with E-state index in [2.05, 4.69) is 32.2 Å². The molecule has 3 nitrogen and oxygen atoms in total. The Kier molecular flexibility index (Phi) is 4.29. The standard InChI is InChI=1S/C15H20BrN3S/c16-10-4-5-12(11(9-10)15(17)20)18-13-6-8-19-7-2-1-3-14(13)19/h4-5,9,13-14,18H,1-3,6-8H2,(H2,17,20). The summed E-state index contributed by atoms with van der Waals surface area (Å²) in [6, 6.07) is 7.30. The normalized spacial score (nSPS) is 26.2. The van der Waals surface area contributed by atoms with Gasteiger partial charge in [0.1, 0.15) is 4.99 Å². The van der Waals surface area contributed by atoms with Gasteiger partial charge in [0.15, 0.2) is 0 Å². The van der Waals surface area contributed by atoms with Crippen LogP contribution < -0.4 is 11.1 Å². The van der Waals surface area contributed by atoms with Gasteiger partial charge in [-0.05, 0) is 44.0 Å². The number of rotatable bonds is 3. The van der Waals surface area contributed by atoms with Crippen LogP contribution in [-0.4, -0.2) is 35.1 Å². The molecule has 0 radical (unpaired) electrons. The van der Waals surface area contributed by atoms with Crippen LogP contribution in [0.5, 0.6) is 0 Å². The molecule has 0 amide bonds. The fourth-order valence-electron chi connectivity index (χ4n) is 3.46. The van der Waals surface area contributed by atoms with Crippen molar-refractivity contribution >= 4 is 38.8 Å². The Morgan fingerprint density at radius 2 is 2.15 bits per heavy atom. The second-order valence-corrected chi connectivity index (χ2v) is 7.05. The van der Waals surface area contributed by atoms with Crippen molar-refractivity contribution in [1.82, 2.24) is 4.90 Å². The number of halogens is 1. The third kappa shape index (κ3) is 2.85. The molecule has 1 aromatic carbocycles. The fourth-order valence-corrected chi connectivity index (χ4v) is 3.99. The first kappa shape index (κ1) is 14.3. The van der Waals surface area contributed by atoms with Crippen LogP contribution in [0.25, 0.3) is 0 Å². The SMILES string of the molecule is NC(=S)c1cc(Br)ccc1NC1CCN2CCCCC12. The van der Waals surface area contributed by atoms with E-state index in [4.69, 9.17) is 18.0 Å². The van der Waals surface area contributed by atoms with Gasteiger partial charge in [0.05, 0.1) is 0 Å². The molecular weight excluding hydrogens is 334 g/mol. The van der Waals surface area contributed by atoms with Crippen LogP contribution >= 0.6 is 28.1 Å². The fraction of sp³-hybridized carbons (Fsp3) is 0.533. The summed E-state index contributed by atoms with van der Waals surface area (Å²) in [7, 11) is 0. The number of benzene rings is 1. The van der Waals surface area contributed by atoms with Gasteiger partial charge in [-0.25, -0.2) is 0 Å². The third-order valence-electron chi connectivity index (χ3n) is 4.44. The van der Waals surface area contributed by atoms with Gasteiger partial charge in [-0.15, -0.1) is 0 Å². The summed E-state index contributed by atoms with van der Waals surface area (Å²) in [5, 5.41) is 3.69. The highest BCUT2D eigenvalue weighted by Crippen LogP contribution is 2.31. The molecule has 3 N–H and O–H groups in total. The maximum atomic E-state index is 5.85. The first-order valence-corrected chi connectivity index (χ1v) is 8.45. The molecule has 2 saturated heterocycles. The Labute approximate surface area is 134 Å². The molecule has 2 unspecified atom stereocenters. The van der Waals surface area contributed by atoms with E-state index in [1.165, 1.54) is 38.8 Å². The minimum absolute atomic E-state index is 0.451. The molecule has 0 bridgehead atoms. The summed E-state index contributed by atoms with van der Waals surface area (Å²) >= 11 is 8.65. The number of piperidine rings is 1. The van der Waals surface area contributed by atoms with Gasteiger partial charge in [-0.2, -0.15) is 0 Å². The molecule has 108 valence electrons. The molecule has 0 saturated carbocycles. The zero-order chi connectivity index (χ0) is 14.1. The van der Waals surface area contributed by atoms with Crippen LogP contribution in [0.15, 0.2) is 22.7 Å². The summed E-state index contributed by atoms with van der Waals surface area (Å²) in [5.74, 6) is 0. The summed E-state index contributed by atoms with van der Waals surface area (Å²) in [6.45, 7) is 2.46. The number of nitrogens with one attached hydrogen (secondary N) is 1. The number of nitrogens with two attached hydrogens (primary N) is 1. The van der Waals surface area contributed by atoms with E-state index in [0.717, 1.165) is 15.7 Å². The quantitative estimate of drug-likeness (QED) is 0.819. The van der Waals surface area contributed by atoms with E-state index in [-0.39, 0.29) is 0 Å². The molecule has 0 aliphatic carbocycles. The zero-order valence-electron chi connectivity index (χ0n) is 11.4. The lowest BCUT2D eigenvalue weighted by atomic mass is 9.98. The largest absolute Gasteiger partial charge is 0.389 e. The van der Waals surface area contributed by atoms with Crippen LogP contribution in [0, 0.1) is 0 Å². The average Bonchev–Trinajstić information content (AvgIpc) is 2.84. The molecule has 20 heavy (non-hydrogen) atoms. The molecule has 5 heteroatoms. The van der Waals surface area contributed by atoms with Crippen molar-refractivity contribution in [3.63, 3.8) is 0 Å². The molecule has 1 aromatic rings. The first-order valence-electron chi connectivity index (χ1n) is 7.25. The van der Waals surface area contributed by atoms with E-state index in [9.17, 15) is 0 Å². The van der Waals surface area contributed by atoms with Crippen molar-refractivity contribution in [2.75, 3.05) is 18.4 Å². The van der Waals surface area contributed by atoms with Crippen LogP contribution in [-0.2, 0) is 0 Å². The number of fused-ring (bicyclic) bond motifs is 1. The zero-order valence-corrected chi connectivity index (χ0v) is 13.8. The summed E-state index contributed by atoms with van der Waals surface area (Å²) in [4.78, 5) is 3.08. The van der Waals surface area contributed by atoms with E-state index >= 15 is 0 Å². The van der Waals surface area contributed by atoms with Gasteiger partial charge in [-0.1, -0.05) is 34.6 Å². The summed E-state index contributed by atoms with van der Waals surface area (Å²) < 4.78 is 1.01. The monoisotopic (exact) mass is 353 g/mol. The molecule has 3 rings (SSSR count). The highest BCUT2D eigenvalue weighted by molar-refractivity contribution is 9.10. The first-order chi connectivity index (χ1) is 9.65.